The van der Waals surface area contributed by atoms with E-state index < -0.39 is 34.2 Å². The van der Waals surface area contributed by atoms with E-state index in [1.165, 1.54) is 0 Å². The Bertz CT molecular complexity index is 407. The molecule has 4 unspecified atom stereocenters. The molecule has 0 saturated heterocycles. The van der Waals surface area contributed by atoms with Crippen LogP contribution in [0.5, 0.6) is 0 Å². The highest BCUT2D eigenvalue weighted by atomic mass is 28.5. The third kappa shape index (κ3) is 13.5. The predicted molar refractivity (Wildman–Crippen MR) is 111 cm³/mol. The van der Waals surface area contributed by atoms with Crippen LogP contribution in [0.15, 0.2) is 0 Å². The lowest BCUT2D eigenvalue weighted by Gasteiger charge is -2.43. The Morgan fingerprint density at radius 2 is 0.793 bits per heavy atom. The topological polar surface area (TPSA) is 160 Å². The maximum Gasteiger partial charge on any atom is 0.323 e. The number of rotatable bonds is 18. The molecule has 0 aromatic rings. The van der Waals surface area contributed by atoms with E-state index in [1.54, 1.807) is 26.2 Å². The summed E-state index contributed by atoms with van der Waals surface area (Å²) in [7, 11) is -12.5. The van der Waals surface area contributed by atoms with Gasteiger partial charge < -0.3 is 42.4 Å². The maximum atomic E-state index is 11.1. The molecular formula is C16H38O9Si4-4. The second kappa shape index (κ2) is 13.8. The third-order valence-corrected chi connectivity index (χ3v) is 19.9. The molecule has 2 N–H and O–H groups in total. The van der Waals surface area contributed by atoms with Gasteiger partial charge in [0.25, 0.3) is 0 Å². The molecule has 0 bridgehead atoms. The molecule has 0 aliphatic carbocycles. The molecule has 0 heterocycles. The Labute approximate surface area is 179 Å². The van der Waals surface area contributed by atoms with Crippen LogP contribution in [0.4, 0.5) is 0 Å². The molecule has 0 aromatic carbocycles. The van der Waals surface area contributed by atoms with Gasteiger partial charge in [-0.05, 0) is 50.4 Å². The van der Waals surface area contributed by atoms with Crippen molar-refractivity contribution in [2.45, 2.75) is 76.0 Å². The summed E-state index contributed by atoms with van der Waals surface area (Å²) in [5, 5.41) is 43.8. The van der Waals surface area contributed by atoms with E-state index in [0.717, 1.165) is 0 Å². The largest absolute Gasteiger partial charge is 0.854 e. The summed E-state index contributed by atoms with van der Waals surface area (Å²) in [6.45, 7) is 5.50. The van der Waals surface area contributed by atoms with E-state index in [4.69, 9.17) is 12.3 Å². The molecule has 29 heavy (non-hydrogen) atoms. The smallest absolute Gasteiger partial charge is 0.323 e. The average Bonchev–Trinajstić information content (AvgIpc) is 2.60. The van der Waals surface area contributed by atoms with Crippen LogP contribution in [0.2, 0.25) is 50.4 Å². The van der Waals surface area contributed by atoms with Crippen molar-refractivity contribution in [2.75, 3.05) is 26.4 Å². The van der Waals surface area contributed by atoms with Crippen LogP contribution in [0.1, 0.15) is 25.7 Å². The predicted octanol–water partition coefficient (Wildman–Crippen LogP) is -1.69. The average molecular weight is 487 g/mol. The van der Waals surface area contributed by atoms with E-state index in [9.17, 15) is 30.0 Å². The van der Waals surface area contributed by atoms with Gasteiger partial charge in [-0.15, -0.1) is 26.4 Å². The highest BCUT2D eigenvalue weighted by Gasteiger charge is 2.49. The molecular weight excluding hydrogens is 449 g/mol. The molecule has 0 aliphatic rings. The lowest BCUT2D eigenvalue weighted by atomic mass is 10.5. The highest BCUT2D eigenvalue weighted by molar-refractivity contribution is 6.88. The summed E-state index contributed by atoms with van der Waals surface area (Å²) in [5.74, 6) is 0. The minimum atomic E-state index is -3.17. The first kappa shape index (κ1) is 29.5. The first-order chi connectivity index (χ1) is 13.4. The second-order valence-electron chi connectivity index (χ2n) is 8.15. The fourth-order valence-electron chi connectivity index (χ4n) is 3.32. The van der Waals surface area contributed by atoms with Gasteiger partial charge in [0.2, 0.25) is 0 Å². The monoisotopic (exact) mass is 486 g/mol. The van der Waals surface area contributed by atoms with Gasteiger partial charge >= 0.3 is 34.2 Å². The molecule has 0 aliphatic heterocycles. The van der Waals surface area contributed by atoms with Crippen molar-refractivity contribution >= 4 is 34.2 Å². The molecule has 176 valence electrons. The van der Waals surface area contributed by atoms with Crippen molar-refractivity contribution in [3.05, 3.63) is 0 Å². The van der Waals surface area contributed by atoms with Gasteiger partial charge in [0, 0.05) is 0 Å². The molecule has 0 amide bonds. The van der Waals surface area contributed by atoms with Crippen LogP contribution in [0.3, 0.4) is 0 Å². The fourth-order valence-corrected chi connectivity index (χ4v) is 21.1. The van der Waals surface area contributed by atoms with Gasteiger partial charge in [-0.1, -0.05) is 25.7 Å². The van der Waals surface area contributed by atoms with E-state index in [0.29, 0.717) is 37.8 Å². The Morgan fingerprint density at radius 1 is 0.517 bits per heavy atom. The minimum Gasteiger partial charge on any atom is -0.854 e. The van der Waals surface area contributed by atoms with Gasteiger partial charge in [0.05, 0.1) is 0 Å². The van der Waals surface area contributed by atoms with Gasteiger partial charge in [0.15, 0.2) is 0 Å². The molecule has 13 heteroatoms. The zero-order valence-electron chi connectivity index (χ0n) is 18.2. The molecule has 9 nitrogen and oxygen atoms in total. The normalized spacial score (nSPS) is 20.5. The summed E-state index contributed by atoms with van der Waals surface area (Å²) in [6.07, 6.45) is 1.21. The zero-order chi connectivity index (χ0) is 22.6. The van der Waals surface area contributed by atoms with Crippen LogP contribution in [0.25, 0.3) is 0 Å². The first-order valence-corrected chi connectivity index (χ1v) is 20.4. The van der Waals surface area contributed by atoms with Crippen LogP contribution in [-0.2, 0) is 12.3 Å². The maximum absolute atomic E-state index is 11.1. The quantitative estimate of drug-likeness (QED) is 0.215. The number of hydrogen-bond donors (Lipinski definition) is 2. The van der Waals surface area contributed by atoms with E-state index in [1.807, 2.05) is 0 Å². The molecule has 0 spiro atoms. The first-order valence-electron chi connectivity index (χ1n) is 10.2. The Morgan fingerprint density at radius 3 is 1.07 bits per heavy atom. The van der Waals surface area contributed by atoms with Gasteiger partial charge in [-0.2, -0.15) is 0 Å². The highest BCUT2D eigenvalue weighted by Crippen LogP contribution is 2.31. The minimum absolute atomic E-state index is 0.273. The zero-order valence-corrected chi connectivity index (χ0v) is 22.2. The van der Waals surface area contributed by atoms with Crippen molar-refractivity contribution in [1.82, 2.24) is 0 Å². The van der Waals surface area contributed by atoms with E-state index in [2.05, 4.69) is 0 Å². The van der Waals surface area contributed by atoms with Crippen molar-refractivity contribution in [1.29, 1.82) is 0 Å². The standard InChI is InChI=1S/C16H38O9Si4/c1-26(21,13-5-9-17)23-28(3,15-7-11-19)25-29(4,16-8-12-20)24-27(2,22)14-6-10-18/h21-22H,5-16H2,1-4H3/q-4. The fraction of sp³-hybridized carbons (Fsp3) is 1.00. The third-order valence-electron chi connectivity index (χ3n) is 4.42. The molecule has 4 atom stereocenters. The second-order valence-corrected chi connectivity index (χ2v) is 21.8. The van der Waals surface area contributed by atoms with Crippen LogP contribution in [-0.4, -0.2) is 70.3 Å². The van der Waals surface area contributed by atoms with Crippen LogP contribution in [0, 0.1) is 0 Å². The SMILES string of the molecule is C[Si](O)(CCC[O-])O[Si](C)(CCC[O-])O[Si](C)(CCC[O-])O[Si](C)(O)CCC[O-]. The number of hydrogen-bond acceptors (Lipinski definition) is 9. The molecule has 0 rings (SSSR count). The van der Waals surface area contributed by atoms with Crippen molar-refractivity contribution < 1.29 is 42.4 Å². The summed E-state index contributed by atoms with van der Waals surface area (Å²) in [4.78, 5) is 21.4. The molecule has 0 radical (unpaired) electrons. The van der Waals surface area contributed by atoms with E-state index in [-0.39, 0.29) is 38.5 Å². The summed E-state index contributed by atoms with van der Waals surface area (Å²) in [5.41, 5.74) is 0. The molecule has 0 aromatic heterocycles. The molecule has 0 fully saturated rings. The van der Waals surface area contributed by atoms with Crippen molar-refractivity contribution in [3.63, 3.8) is 0 Å². The van der Waals surface area contributed by atoms with Gasteiger partial charge in [-0.3, -0.25) is 0 Å². The Hall–Kier alpha value is 0.508. The lowest BCUT2D eigenvalue weighted by Crippen LogP contribution is -2.60. The van der Waals surface area contributed by atoms with E-state index >= 15 is 0 Å². The summed E-state index contributed by atoms with van der Waals surface area (Å²) in [6, 6.07) is 1.25. The van der Waals surface area contributed by atoms with Gasteiger partial charge in [-0.25, -0.2) is 0 Å². The molecule has 0 saturated carbocycles. The Kier molecular flexibility index (Phi) is 14.1. The van der Waals surface area contributed by atoms with Crippen LogP contribution >= 0.6 is 0 Å². The summed E-state index contributed by atoms with van der Waals surface area (Å²) >= 11 is 0. The van der Waals surface area contributed by atoms with Crippen molar-refractivity contribution in [3.8, 4) is 0 Å². The summed E-state index contributed by atoms with van der Waals surface area (Å²) < 4.78 is 18.6. The lowest BCUT2D eigenvalue weighted by molar-refractivity contribution is -0.368. The van der Waals surface area contributed by atoms with Gasteiger partial charge in [0.1, 0.15) is 0 Å². The van der Waals surface area contributed by atoms with Crippen molar-refractivity contribution in [2.24, 2.45) is 0 Å². The van der Waals surface area contributed by atoms with Crippen LogP contribution < -0.4 is 20.4 Å². The Balaban J connectivity index is 5.56.